The van der Waals surface area contributed by atoms with Crippen LogP contribution in [-0.2, 0) is 0 Å². The van der Waals surface area contributed by atoms with Gasteiger partial charge in [0, 0.05) is 6.04 Å². The maximum atomic E-state index is 5.56. The van der Waals surface area contributed by atoms with E-state index in [0.29, 0.717) is 6.04 Å². The van der Waals surface area contributed by atoms with Gasteiger partial charge in [-0.05, 0) is 31.1 Å². The second kappa shape index (κ2) is 5.61. The van der Waals surface area contributed by atoms with Crippen LogP contribution in [0.25, 0.3) is 0 Å². The highest BCUT2D eigenvalue weighted by Gasteiger charge is 2.23. The second-order valence-electron chi connectivity index (χ2n) is 4.56. The van der Waals surface area contributed by atoms with Gasteiger partial charge < -0.3 is 0 Å². The topological polar surface area (TPSA) is 38.0 Å². The molecule has 0 bridgehead atoms. The molecule has 2 heteroatoms. The summed E-state index contributed by atoms with van der Waals surface area (Å²) in [7, 11) is 0. The van der Waals surface area contributed by atoms with Crippen molar-refractivity contribution < 1.29 is 0 Å². The number of hydrogen-bond donors (Lipinski definition) is 2. The summed E-state index contributed by atoms with van der Waals surface area (Å²) in [6.07, 6.45) is 8.12. The van der Waals surface area contributed by atoms with Crippen molar-refractivity contribution in [2.45, 2.75) is 58.4 Å². The van der Waals surface area contributed by atoms with Crippen LogP contribution in [0.15, 0.2) is 0 Å². The van der Waals surface area contributed by atoms with E-state index in [1.54, 1.807) is 0 Å². The fourth-order valence-corrected chi connectivity index (χ4v) is 2.01. The molecule has 0 aromatic carbocycles. The van der Waals surface area contributed by atoms with E-state index in [-0.39, 0.29) is 0 Å². The molecule has 0 aromatic rings. The second-order valence-corrected chi connectivity index (χ2v) is 4.56. The van der Waals surface area contributed by atoms with Crippen LogP contribution in [0.4, 0.5) is 0 Å². The van der Waals surface area contributed by atoms with Gasteiger partial charge in [-0.2, -0.15) is 0 Å². The van der Waals surface area contributed by atoms with E-state index in [0.717, 1.165) is 11.8 Å². The molecule has 78 valence electrons. The first-order valence-electron chi connectivity index (χ1n) is 5.74. The highest BCUT2D eigenvalue weighted by Crippen LogP contribution is 2.34. The molecule has 0 heterocycles. The van der Waals surface area contributed by atoms with Gasteiger partial charge in [0.25, 0.3) is 0 Å². The van der Waals surface area contributed by atoms with Gasteiger partial charge in [0.05, 0.1) is 0 Å². The van der Waals surface area contributed by atoms with Crippen molar-refractivity contribution in [1.82, 2.24) is 5.43 Å². The van der Waals surface area contributed by atoms with Crippen molar-refractivity contribution in [3.63, 3.8) is 0 Å². The molecule has 0 aliphatic heterocycles. The van der Waals surface area contributed by atoms with Crippen molar-refractivity contribution in [3.8, 4) is 0 Å². The van der Waals surface area contributed by atoms with E-state index in [1.807, 2.05) is 0 Å². The van der Waals surface area contributed by atoms with E-state index >= 15 is 0 Å². The maximum Gasteiger partial charge on any atom is 0.0236 e. The monoisotopic (exact) mass is 184 g/mol. The Bertz CT molecular complexity index is 132. The predicted octanol–water partition coefficient (Wildman–Crippen LogP) is 2.44. The Hall–Kier alpha value is -0.0800. The Labute approximate surface area is 82.2 Å². The summed E-state index contributed by atoms with van der Waals surface area (Å²) < 4.78 is 0. The van der Waals surface area contributed by atoms with Crippen LogP contribution in [-0.4, -0.2) is 6.04 Å². The lowest BCUT2D eigenvalue weighted by atomic mass is 9.93. The quantitative estimate of drug-likeness (QED) is 0.471. The summed E-state index contributed by atoms with van der Waals surface area (Å²) in [5.74, 6) is 7.32. The predicted molar refractivity (Wildman–Crippen MR) is 57.1 cm³/mol. The minimum atomic E-state index is 0.542. The molecule has 1 aliphatic rings. The summed E-state index contributed by atoms with van der Waals surface area (Å²) in [6, 6.07) is 0.542. The van der Waals surface area contributed by atoms with Gasteiger partial charge in [0.1, 0.15) is 0 Å². The molecule has 3 N–H and O–H groups in total. The molecule has 0 amide bonds. The zero-order chi connectivity index (χ0) is 9.68. The zero-order valence-corrected chi connectivity index (χ0v) is 9.05. The largest absolute Gasteiger partial charge is 0.271 e. The molecule has 2 nitrogen and oxygen atoms in total. The smallest absolute Gasteiger partial charge is 0.0236 e. The van der Waals surface area contributed by atoms with Crippen LogP contribution >= 0.6 is 0 Å². The van der Waals surface area contributed by atoms with Crippen molar-refractivity contribution >= 4 is 0 Å². The molecule has 1 aliphatic carbocycles. The van der Waals surface area contributed by atoms with Gasteiger partial charge in [-0.1, -0.05) is 33.1 Å². The van der Waals surface area contributed by atoms with Crippen molar-refractivity contribution in [3.05, 3.63) is 0 Å². The average molecular weight is 184 g/mol. The third-order valence-corrected chi connectivity index (χ3v) is 3.23. The third-order valence-electron chi connectivity index (χ3n) is 3.23. The normalized spacial score (nSPS) is 21.5. The highest BCUT2D eigenvalue weighted by molar-refractivity contribution is 4.78. The van der Waals surface area contributed by atoms with Gasteiger partial charge in [-0.15, -0.1) is 0 Å². The van der Waals surface area contributed by atoms with E-state index in [9.17, 15) is 0 Å². The number of nitrogens with one attached hydrogen (secondary N) is 1. The van der Waals surface area contributed by atoms with Crippen molar-refractivity contribution in [2.75, 3.05) is 0 Å². The third kappa shape index (κ3) is 4.10. The Kier molecular flexibility index (Phi) is 4.74. The van der Waals surface area contributed by atoms with E-state index < -0.39 is 0 Å². The molecular formula is C11H24N2. The summed E-state index contributed by atoms with van der Waals surface area (Å²) in [5, 5.41) is 0. The fourth-order valence-electron chi connectivity index (χ4n) is 2.01. The first kappa shape index (κ1) is 11.0. The minimum absolute atomic E-state index is 0.542. The van der Waals surface area contributed by atoms with E-state index in [2.05, 4.69) is 19.3 Å². The van der Waals surface area contributed by atoms with Crippen LogP contribution in [0.1, 0.15) is 52.4 Å². The molecule has 13 heavy (non-hydrogen) atoms. The van der Waals surface area contributed by atoms with Crippen LogP contribution in [0, 0.1) is 11.8 Å². The molecule has 0 aromatic heterocycles. The van der Waals surface area contributed by atoms with Crippen LogP contribution < -0.4 is 11.3 Å². The van der Waals surface area contributed by atoms with Crippen molar-refractivity contribution in [1.29, 1.82) is 0 Å². The average Bonchev–Trinajstić information content (AvgIpc) is 2.89. The Morgan fingerprint density at radius 1 is 1.38 bits per heavy atom. The highest BCUT2D eigenvalue weighted by atomic mass is 15.2. The number of nitrogens with two attached hydrogens (primary N) is 1. The van der Waals surface area contributed by atoms with Gasteiger partial charge in [-0.25, -0.2) is 0 Å². The van der Waals surface area contributed by atoms with E-state index in [1.165, 1.54) is 38.5 Å². The summed E-state index contributed by atoms with van der Waals surface area (Å²) in [4.78, 5) is 0. The van der Waals surface area contributed by atoms with Gasteiger partial charge >= 0.3 is 0 Å². The van der Waals surface area contributed by atoms with E-state index in [4.69, 9.17) is 5.84 Å². The molecule has 0 radical (unpaired) electrons. The first-order valence-corrected chi connectivity index (χ1v) is 5.74. The van der Waals surface area contributed by atoms with Gasteiger partial charge in [-0.3, -0.25) is 11.3 Å². The lowest BCUT2D eigenvalue weighted by Gasteiger charge is -2.22. The molecule has 2 atom stereocenters. The summed E-state index contributed by atoms with van der Waals surface area (Å²) in [5.41, 5.74) is 2.97. The first-order chi connectivity index (χ1) is 6.27. The SMILES string of the molecule is CCCC(C)C(CCC1CC1)NN. The molecule has 1 rings (SSSR count). The molecule has 2 unspecified atom stereocenters. The van der Waals surface area contributed by atoms with Gasteiger partial charge in [0.2, 0.25) is 0 Å². The molecule has 0 saturated heterocycles. The Balaban J connectivity index is 2.14. The van der Waals surface area contributed by atoms with Gasteiger partial charge in [0.15, 0.2) is 0 Å². The van der Waals surface area contributed by atoms with Crippen LogP contribution in [0.2, 0.25) is 0 Å². The van der Waals surface area contributed by atoms with Crippen LogP contribution in [0.3, 0.4) is 0 Å². The lowest BCUT2D eigenvalue weighted by Crippen LogP contribution is -2.39. The fraction of sp³-hybridized carbons (Fsp3) is 1.00. The molecule has 1 fully saturated rings. The molecular weight excluding hydrogens is 160 g/mol. The minimum Gasteiger partial charge on any atom is -0.271 e. The Morgan fingerprint density at radius 3 is 2.54 bits per heavy atom. The number of hydrazine groups is 1. The zero-order valence-electron chi connectivity index (χ0n) is 9.05. The molecule has 0 spiro atoms. The lowest BCUT2D eigenvalue weighted by molar-refractivity contribution is 0.330. The van der Waals surface area contributed by atoms with Crippen LogP contribution in [0.5, 0.6) is 0 Å². The summed E-state index contributed by atoms with van der Waals surface area (Å²) >= 11 is 0. The standard InChI is InChI=1S/C11H24N2/c1-3-4-9(2)11(13-12)8-7-10-5-6-10/h9-11,13H,3-8,12H2,1-2H3. The number of hydrogen-bond acceptors (Lipinski definition) is 2. The maximum absolute atomic E-state index is 5.56. The number of rotatable bonds is 7. The molecule has 1 saturated carbocycles. The Morgan fingerprint density at radius 2 is 2.08 bits per heavy atom. The van der Waals surface area contributed by atoms with Crippen molar-refractivity contribution in [2.24, 2.45) is 17.7 Å². The summed E-state index contributed by atoms with van der Waals surface area (Å²) in [6.45, 7) is 4.55.